The highest BCUT2D eigenvalue weighted by atomic mass is 32.2. The van der Waals surface area contributed by atoms with Gasteiger partial charge in [0.25, 0.3) is 10.0 Å². The minimum atomic E-state index is -4.12. The highest BCUT2D eigenvalue weighted by Crippen LogP contribution is 2.32. The number of hydrogen-bond donors (Lipinski definition) is 1. The molecule has 0 radical (unpaired) electrons. The molecule has 3 aromatic rings. The molecule has 180 valence electrons. The van der Waals surface area contributed by atoms with Crippen molar-refractivity contribution in [3.05, 3.63) is 81.9 Å². The van der Waals surface area contributed by atoms with E-state index >= 15 is 0 Å². The second kappa shape index (κ2) is 9.89. The number of benzene rings is 3. The van der Waals surface area contributed by atoms with Gasteiger partial charge in [-0.2, -0.15) is 0 Å². The van der Waals surface area contributed by atoms with Crippen LogP contribution in [-0.4, -0.2) is 28.0 Å². The van der Waals surface area contributed by atoms with Crippen molar-refractivity contribution >= 4 is 27.3 Å². The third-order valence-electron chi connectivity index (χ3n) is 5.61. The predicted molar refractivity (Wildman–Crippen MR) is 137 cm³/mol. The number of amides is 1. The molecule has 3 rings (SSSR count). The topological polar surface area (TPSA) is 75.7 Å². The van der Waals surface area contributed by atoms with Crippen LogP contribution in [0.15, 0.2) is 53.4 Å². The number of nitrogens with one attached hydrogen (secondary N) is 1. The van der Waals surface area contributed by atoms with Crippen LogP contribution >= 0.6 is 0 Å². The summed E-state index contributed by atoms with van der Waals surface area (Å²) in [4.78, 5) is 13.2. The molecule has 0 aliphatic rings. The van der Waals surface area contributed by atoms with Gasteiger partial charge in [-0.3, -0.25) is 9.10 Å². The Balaban J connectivity index is 2.08. The third kappa shape index (κ3) is 5.42. The predicted octanol–water partition coefficient (Wildman–Crippen LogP) is 5.38. The van der Waals surface area contributed by atoms with Gasteiger partial charge in [-0.15, -0.1) is 0 Å². The van der Waals surface area contributed by atoms with Gasteiger partial charge in [-0.25, -0.2) is 8.42 Å². The zero-order chi connectivity index (χ0) is 25.2. The van der Waals surface area contributed by atoms with Crippen LogP contribution < -0.4 is 14.4 Å². The fourth-order valence-electron chi connectivity index (χ4n) is 4.20. The van der Waals surface area contributed by atoms with E-state index in [2.05, 4.69) is 5.32 Å². The van der Waals surface area contributed by atoms with Gasteiger partial charge in [0.15, 0.2) is 0 Å². The van der Waals surface area contributed by atoms with Crippen molar-refractivity contribution < 1.29 is 17.9 Å². The average molecular weight is 481 g/mol. The van der Waals surface area contributed by atoms with Gasteiger partial charge in [0.05, 0.1) is 12.8 Å². The summed E-state index contributed by atoms with van der Waals surface area (Å²) < 4.78 is 34.3. The normalized spacial score (nSPS) is 11.3. The Morgan fingerprint density at radius 2 is 1.38 bits per heavy atom. The summed E-state index contributed by atoms with van der Waals surface area (Å²) in [5, 5.41) is 2.92. The molecule has 1 amide bonds. The smallest absolute Gasteiger partial charge is 0.268 e. The Morgan fingerprint density at radius 1 is 0.824 bits per heavy atom. The van der Waals surface area contributed by atoms with Crippen molar-refractivity contribution in [1.29, 1.82) is 0 Å². The van der Waals surface area contributed by atoms with E-state index in [1.807, 2.05) is 59.7 Å². The summed E-state index contributed by atoms with van der Waals surface area (Å²) >= 11 is 0. The number of carbonyl (C=O) groups excluding carboxylic acids is 1. The number of carbonyl (C=O) groups is 1. The summed E-state index contributed by atoms with van der Waals surface area (Å²) in [5.41, 5.74) is 6.64. The fourth-order valence-corrected chi connectivity index (χ4v) is 5.85. The monoisotopic (exact) mass is 480 g/mol. The van der Waals surface area contributed by atoms with Gasteiger partial charge < -0.3 is 10.1 Å². The molecule has 7 heteroatoms. The van der Waals surface area contributed by atoms with Crippen LogP contribution in [0.1, 0.15) is 33.4 Å². The maximum Gasteiger partial charge on any atom is 0.268 e. The second-order valence-electron chi connectivity index (χ2n) is 8.83. The summed E-state index contributed by atoms with van der Waals surface area (Å²) in [6, 6.07) is 14.4. The van der Waals surface area contributed by atoms with Crippen LogP contribution in [0.4, 0.5) is 11.4 Å². The van der Waals surface area contributed by atoms with Crippen LogP contribution in [-0.2, 0) is 14.8 Å². The third-order valence-corrected chi connectivity index (χ3v) is 7.41. The Hall–Kier alpha value is -3.32. The molecular weight excluding hydrogens is 448 g/mol. The Morgan fingerprint density at radius 3 is 1.94 bits per heavy atom. The molecule has 0 fully saturated rings. The lowest BCUT2D eigenvalue weighted by Crippen LogP contribution is -2.38. The van der Waals surface area contributed by atoms with Gasteiger partial charge in [-0.05, 0) is 93.6 Å². The van der Waals surface area contributed by atoms with Gasteiger partial charge in [0.2, 0.25) is 5.91 Å². The first kappa shape index (κ1) is 25.3. The maximum atomic E-state index is 13.9. The van der Waals surface area contributed by atoms with E-state index in [0.29, 0.717) is 11.4 Å². The molecule has 3 aromatic carbocycles. The quantitative estimate of drug-likeness (QED) is 0.493. The number of sulfonamides is 1. The molecule has 34 heavy (non-hydrogen) atoms. The van der Waals surface area contributed by atoms with E-state index in [0.717, 1.165) is 37.7 Å². The van der Waals surface area contributed by atoms with Crippen LogP contribution in [0, 0.1) is 41.5 Å². The maximum absolute atomic E-state index is 13.9. The van der Waals surface area contributed by atoms with E-state index < -0.39 is 15.9 Å². The molecule has 0 heterocycles. The first-order chi connectivity index (χ1) is 15.9. The lowest BCUT2D eigenvalue weighted by molar-refractivity contribution is -0.114. The number of methoxy groups -OCH3 is 1. The van der Waals surface area contributed by atoms with Gasteiger partial charge in [-0.1, -0.05) is 29.8 Å². The molecule has 1 N–H and O–H groups in total. The summed E-state index contributed by atoms with van der Waals surface area (Å²) in [7, 11) is -2.69. The van der Waals surface area contributed by atoms with E-state index in [4.69, 9.17) is 4.74 Å². The molecule has 0 saturated heterocycles. The van der Waals surface area contributed by atoms with Crippen LogP contribution in [0.5, 0.6) is 5.75 Å². The van der Waals surface area contributed by atoms with Crippen molar-refractivity contribution in [1.82, 2.24) is 0 Å². The molecule has 6 nitrogen and oxygen atoms in total. The molecule has 0 aliphatic heterocycles. The minimum absolute atomic E-state index is 0.0182. The summed E-state index contributed by atoms with van der Waals surface area (Å²) in [6.07, 6.45) is 0. The van der Waals surface area contributed by atoms with Gasteiger partial charge >= 0.3 is 0 Å². The molecule has 0 spiro atoms. The van der Waals surface area contributed by atoms with Gasteiger partial charge in [0, 0.05) is 5.69 Å². The molecule has 0 unspecified atom stereocenters. The van der Waals surface area contributed by atoms with Crippen molar-refractivity contribution in [3.8, 4) is 5.75 Å². The number of rotatable bonds is 7. The highest BCUT2D eigenvalue weighted by Gasteiger charge is 2.30. The molecule has 0 aliphatic carbocycles. The van der Waals surface area contributed by atoms with Crippen LogP contribution in [0.25, 0.3) is 0 Å². The average Bonchev–Trinajstić information content (AvgIpc) is 2.73. The lowest BCUT2D eigenvalue weighted by Gasteiger charge is -2.26. The van der Waals surface area contributed by atoms with Crippen molar-refractivity contribution in [3.63, 3.8) is 0 Å². The van der Waals surface area contributed by atoms with Crippen molar-refractivity contribution in [2.24, 2.45) is 0 Å². The molecular formula is C27H32N2O4S. The largest absolute Gasteiger partial charge is 0.495 e. The Labute approximate surface area is 202 Å². The second-order valence-corrected chi connectivity index (χ2v) is 10.7. The van der Waals surface area contributed by atoms with Crippen LogP contribution in [0.3, 0.4) is 0 Å². The first-order valence-corrected chi connectivity index (χ1v) is 12.5. The molecule has 0 bridgehead atoms. The Bertz CT molecular complexity index is 1300. The highest BCUT2D eigenvalue weighted by molar-refractivity contribution is 7.93. The fraction of sp³-hybridized carbons (Fsp3) is 0.296. The summed E-state index contributed by atoms with van der Waals surface area (Å²) in [5.74, 6) is -0.199. The standard InChI is InChI=1S/C27H32N2O4S/c1-17-8-9-24(33-7)25(15-17)34(31,32)29(23-13-18(2)10-19(3)14-23)16-26(30)28-27-21(5)11-20(4)12-22(27)6/h8-15H,16H2,1-7H3,(H,28,30). The molecule has 0 saturated carbocycles. The molecule has 0 aromatic heterocycles. The number of hydrogen-bond acceptors (Lipinski definition) is 4. The van der Waals surface area contributed by atoms with E-state index in [9.17, 15) is 13.2 Å². The van der Waals surface area contributed by atoms with Crippen molar-refractivity contribution in [2.45, 2.75) is 46.4 Å². The van der Waals surface area contributed by atoms with E-state index in [1.54, 1.807) is 30.3 Å². The van der Waals surface area contributed by atoms with Gasteiger partial charge in [0.1, 0.15) is 17.2 Å². The van der Waals surface area contributed by atoms with E-state index in [-0.39, 0.29) is 17.2 Å². The lowest BCUT2D eigenvalue weighted by atomic mass is 10.1. The Kier molecular flexibility index (Phi) is 7.36. The molecule has 0 atom stereocenters. The van der Waals surface area contributed by atoms with Crippen molar-refractivity contribution in [2.75, 3.05) is 23.3 Å². The van der Waals surface area contributed by atoms with Crippen LogP contribution in [0.2, 0.25) is 0 Å². The van der Waals surface area contributed by atoms with E-state index in [1.165, 1.54) is 7.11 Å². The number of anilines is 2. The zero-order valence-electron chi connectivity index (χ0n) is 20.8. The summed E-state index contributed by atoms with van der Waals surface area (Å²) in [6.45, 7) is 11.1. The number of ether oxygens (including phenoxy) is 1. The number of nitrogens with zero attached hydrogens (tertiary/aromatic N) is 1. The first-order valence-electron chi connectivity index (χ1n) is 11.1. The zero-order valence-corrected chi connectivity index (χ0v) is 21.6. The minimum Gasteiger partial charge on any atom is -0.495 e. The SMILES string of the molecule is COc1ccc(C)cc1S(=O)(=O)N(CC(=O)Nc1c(C)cc(C)cc1C)c1cc(C)cc(C)c1. The number of aryl methyl sites for hydroxylation is 6.